The lowest BCUT2D eigenvalue weighted by molar-refractivity contribution is -0.137. The number of aromatic nitrogens is 2. The van der Waals surface area contributed by atoms with Crippen molar-refractivity contribution >= 4 is 23.4 Å². The Morgan fingerprint density at radius 3 is 2.25 bits per heavy atom. The standard InChI is InChI=1S/C33H32ClFN4O5/c34-25-12-11-24(17-26(25)35)43-20-29(41)36-32-13-15-33(16-14-32,28(40)19-32)37-30(42)21-44-31-18-27(22-7-3-1-4-8-22)39(38-31)23-9-5-2-6-10-23/h1-12,17-18,28,40H,13-16,19-21H2,(H,36,41)(H,37,42)/t28-,32?,33?/m0/s1. The summed E-state index contributed by atoms with van der Waals surface area (Å²) in [5.41, 5.74) is 1.23. The van der Waals surface area contributed by atoms with Crippen LogP contribution < -0.4 is 20.1 Å². The van der Waals surface area contributed by atoms with E-state index in [0.29, 0.717) is 31.6 Å². The number of para-hydroxylation sites is 1. The first kappa shape index (κ1) is 29.7. The van der Waals surface area contributed by atoms with Gasteiger partial charge in [-0.1, -0.05) is 60.1 Å². The Morgan fingerprint density at radius 2 is 1.57 bits per heavy atom. The maximum Gasteiger partial charge on any atom is 0.258 e. The number of carbonyl (C=O) groups excluding carboxylic acids is 2. The SMILES string of the molecule is O=C(COc1ccc(Cl)c(F)c1)NC12CCC(NC(=O)COc3cc(-c4ccccc4)n(-c4ccccc4)n3)(CC1)[C@@H](O)C2. The van der Waals surface area contributed by atoms with Crippen LogP contribution in [0.1, 0.15) is 32.1 Å². The fourth-order valence-corrected chi connectivity index (χ4v) is 6.29. The molecule has 228 valence electrons. The smallest absolute Gasteiger partial charge is 0.258 e. The molecule has 3 aromatic carbocycles. The number of halogens is 2. The minimum atomic E-state index is -0.859. The Bertz CT molecular complexity index is 1580. The molecule has 0 aliphatic heterocycles. The number of aliphatic hydroxyl groups is 1. The number of fused-ring (bicyclic) bond motifs is 3. The molecule has 9 nitrogen and oxygen atoms in total. The molecule has 11 heteroatoms. The largest absolute Gasteiger partial charge is 0.484 e. The van der Waals surface area contributed by atoms with Gasteiger partial charge < -0.3 is 25.2 Å². The Morgan fingerprint density at radius 1 is 0.909 bits per heavy atom. The van der Waals surface area contributed by atoms with Gasteiger partial charge in [-0.25, -0.2) is 9.07 Å². The van der Waals surface area contributed by atoms with Gasteiger partial charge in [0.05, 0.1) is 28.0 Å². The number of rotatable bonds is 10. The molecule has 0 unspecified atom stereocenters. The fraction of sp³-hybridized carbons (Fsp3) is 0.303. The first-order valence-electron chi connectivity index (χ1n) is 14.5. The van der Waals surface area contributed by atoms with Crippen LogP contribution >= 0.6 is 11.6 Å². The number of aliphatic hydroxyl groups excluding tert-OH is 1. The van der Waals surface area contributed by atoms with Crippen molar-refractivity contribution in [1.82, 2.24) is 20.4 Å². The number of hydrogen-bond donors (Lipinski definition) is 3. The van der Waals surface area contributed by atoms with Crippen molar-refractivity contribution in [2.45, 2.75) is 49.3 Å². The van der Waals surface area contributed by atoms with Gasteiger partial charge in [-0.2, -0.15) is 0 Å². The van der Waals surface area contributed by atoms with Crippen molar-refractivity contribution in [2.24, 2.45) is 0 Å². The maximum absolute atomic E-state index is 13.7. The van der Waals surface area contributed by atoms with Crippen molar-refractivity contribution < 1.29 is 28.6 Å². The van der Waals surface area contributed by atoms with Crippen LogP contribution in [0, 0.1) is 5.82 Å². The number of ether oxygens (including phenoxy) is 2. The summed E-state index contributed by atoms with van der Waals surface area (Å²) in [4.78, 5) is 25.7. The van der Waals surface area contributed by atoms with Crippen molar-refractivity contribution in [3.8, 4) is 28.6 Å². The number of nitrogens with one attached hydrogen (secondary N) is 2. The highest BCUT2D eigenvalue weighted by Crippen LogP contribution is 2.47. The number of amides is 2. The van der Waals surface area contributed by atoms with Gasteiger partial charge in [0.25, 0.3) is 11.8 Å². The van der Waals surface area contributed by atoms with Crippen molar-refractivity contribution in [2.75, 3.05) is 13.2 Å². The molecule has 2 amide bonds. The fourth-order valence-electron chi connectivity index (χ4n) is 6.17. The van der Waals surface area contributed by atoms with Gasteiger partial charge >= 0.3 is 0 Å². The Kier molecular flexibility index (Phi) is 8.29. The van der Waals surface area contributed by atoms with Crippen LogP contribution in [-0.2, 0) is 9.59 Å². The normalized spacial score (nSPS) is 22.3. The first-order valence-corrected chi connectivity index (χ1v) is 14.8. The summed E-state index contributed by atoms with van der Waals surface area (Å²) in [6.45, 7) is -0.566. The summed E-state index contributed by atoms with van der Waals surface area (Å²) in [6.07, 6.45) is 1.57. The Labute approximate surface area is 258 Å². The van der Waals surface area contributed by atoms with Crippen LogP contribution in [0.25, 0.3) is 16.9 Å². The van der Waals surface area contributed by atoms with Gasteiger partial charge in [0.15, 0.2) is 13.2 Å². The quantitative estimate of drug-likeness (QED) is 0.234. The molecule has 3 N–H and O–H groups in total. The van der Waals surface area contributed by atoms with E-state index in [4.69, 9.17) is 21.1 Å². The average molecular weight is 619 g/mol. The predicted molar refractivity (Wildman–Crippen MR) is 162 cm³/mol. The van der Waals surface area contributed by atoms with Crippen LogP contribution in [-0.4, -0.2) is 57.1 Å². The lowest BCUT2D eigenvalue weighted by atomic mass is 9.60. The molecule has 0 radical (unpaired) electrons. The van der Waals surface area contributed by atoms with Crippen molar-refractivity contribution in [3.63, 3.8) is 0 Å². The number of benzene rings is 3. The van der Waals surface area contributed by atoms with E-state index in [0.717, 1.165) is 23.0 Å². The molecule has 4 aromatic rings. The van der Waals surface area contributed by atoms with Gasteiger partial charge in [-0.15, -0.1) is 5.10 Å². The summed E-state index contributed by atoms with van der Waals surface area (Å²) in [5, 5.41) is 21.7. The molecule has 3 aliphatic carbocycles. The second-order valence-electron chi connectivity index (χ2n) is 11.4. The highest BCUT2D eigenvalue weighted by Gasteiger charge is 2.55. The van der Waals surface area contributed by atoms with E-state index in [1.807, 2.05) is 60.7 Å². The van der Waals surface area contributed by atoms with Gasteiger partial charge in [0.1, 0.15) is 11.6 Å². The number of nitrogens with zero attached hydrogens (tertiary/aromatic N) is 2. The third-order valence-corrected chi connectivity index (χ3v) is 8.79. The van der Waals surface area contributed by atoms with Gasteiger partial charge in [-0.05, 0) is 56.4 Å². The van der Waals surface area contributed by atoms with E-state index in [-0.39, 0.29) is 42.2 Å². The molecule has 44 heavy (non-hydrogen) atoms. The first-order chi connectivity index (χ1) is 21.2. The second kappa shape index (κ2) is 12.3. The number of carbonyl (C=O) groups is 2. The molecule has 3 aliphatic rings. The van der Waals surface area contributed by atoms with Gasteiger partial charge in [0.2, 0.25) is 5.88 Å². The van der Waals surface area contributed by atoms with E-state index in [2.05, 4.69) is 15.7 Å². The topological polar surface area (TPSA) is 115 Å². The molecule has 0 saturated heterocycles. The molecule has 1 atom stereocenters. The Balaban J connectivity index is 1.05. The summed E-state index contributed by atoms with van der Waals surface area (Å²) in [5.74, 6) is -0.864. The Hall–Kier alpha value is -4.41. The molecule has 0 spiro atoms. The molecule has 1 aromatic heterocycles. The monoisotopic (exact) mass is 618 g/mol. The molecule has 1 heterocycles. The zero-order valence-electron chi connectivity index (χ0n) is 23.8. The van der Waals surface area contributed by atoms with E-state index < -0.39 is 23.0 Å². The van der Waals surface area contributed by atoms with E-state index in [9.17, 15) is 19.1 Å². The summed E-state index contributed by atoms with van der Waals surface area (Å²) < 4.78 is 26.7. The zero-order chi connectivity index (χ0) is 30.7. The van der Waals surface area contributed by atoms with Crippen LogP contribution in [0.15, 0.2) is 84.9 Å². The minimum Gasteiger partial charge on any atom is -0.484 e. The highest BCUT2D eigenvalue weighted by molar-refractivity contribution is 6.30. The average Bonchev–Trinajstić information content (AvgIpc) is 3.47. The maximum atomic E-state index is 13.7. The third-order valence-electron chi connectivity index (χ3n) is 8.48. The van der Waals surface area contributed by atoms with E-state index in [1.54, 1.807) is 10.7 Å². The molecule has 2 bridgehead atoms. The summed E-state index contributed by atoms with van der Waals surface area (Å²) in [7, 11) is 0. The van der Waals surface area contributed by atoms with Crippen molar-refractivity contribution in [1.29, 1.82) is 0 Å². The number of hydrogen-bond acceptors (Lipinski definition) is 6. The van der Waals surface area contributed by atoms with Crippen LogP contribution in [0.5, 0.6) is 11.6 Å². The molecule has 3 fully saturated rings. The lowest BCUT2D eigenvalue weighted by Crippen LogP contribution is -2.70. The molecular weight excluding hydrogens is 587 g/mol. The minimum absolute atomic E-state index is 0.0303. The molecule has 7 rings (SSSR count). The predicted octanol–water partition coefficient (Wildman–Crippen LogP) is 4.84. The highest BCUT2D eigenvalue weighted by atomic mass is 35.5. The molecule has 3 saturated carbocycles. The van der Waals surface area contributed by atoms with Crippen molar-refractivity contribution in [3.05, 3.63) is 95.8 Å². The third kappa shape index (κ3) is 6.27. The van der Waals surface area contributed by atoms with E-state index >= 15 is 0 Å². The van der Waals surface area contributed by atoms with Crippen LogP contribution in [0.3, 0.4) is 0 Å². The van der Waals surface area contributed by atoms with E-state index in [1.165, 1.54) is 12.1 Å². The summed E-state index contributed by atoms with van der Waals surface area (Å²) >= 11 is 5.69. The van der Waals surface area contributed by atoms with Gasteiger partial charge in [0, 0.05) is 23.2 Å². The summed E-state index contributed by atoms with van der Waals surface area (Å²) in [6, 6.07) is 25.2. The zero-order valence-corrected chi connectivity index (χ0v) is 24.6. The van der Waals surface area contributed by atoms with Crippen LogP contribution in [0.2, 0.25) is 5.02 Å². The second-order valence-corrected chi connectivity index (χ2v) is 11.8. The lowest BCUT2D eigenvalue weighted by Gasteiger charge is -2.56. The van der Waals surface area contributed by atoms with Gasteiger partial charge in [-0.3, -0.25) is 9.59 Å². The molecular formula is C33H32ClFN4O5. The van der Waals surface area contributed by atoms with Crippen LogP contribution in [0.4, 0.5) is 4.39 Å².